The van der Waals surface area contributed by atoms with Crippen LogP contribution in [0.3, 0.4) is 0 Å². The molecule has 2 aliphatic rings. The van der Waals surface area contributed by atoms with Gasteiger partial charge in [0, 0.05) is 11.8 Å². The van der Waals surface area contributed by atoms with E-state index in [4.69, 9.17) is 0 Å². The largest absolute Gasteiger partial charge is 0.0758 e. The van der Waals surface area contributed by atoms with E-state index in [2.05, 4.69) is 224 Å². The fourth-order valence-electron chi connectivity index (χ4n) is 10.4. The third kappa shape index (κ3) is 5.99. The summed E-state index contributed by atoms with van der Waals surface area (Å²) < 4.78 is 0. The maximum absolute atomic E-state index is 2.58. The molecule has 0 fully saturated rings. The van der Waals surface area contributed by atoms with Crippen LogP contribution in [-0.2, 0) is 0 Å². The van der Waals surface area contributed by atoms with Crippen molar-refractivity contribution in [3.8, 4) is 33.4 Å². The summed E-state index contributed by atoms with van der Waals surface area (Å²) in [5, 5.41) is 10.2. The number of allylic oxidation sites excluding steroid dienone is 4. The van der Waals surface area contributed by atoms with Gasteiger partial charge in [-0.15, -0.1) is 0 Å². The van der Waals surface area contributed by atoms with Crippen molar-refractivity contribution < 1.29 is 0 Å². The van der Waals surface area contributed by atoms with Crippen molar-refractivity contribution in [1.29, 1.82) is 0 Å². The van der Waals surface area contributed by atoms with Crippen LogP contribution in [0.25, 0.3) is 82.0 Å². The van der Waals surface area contributed by atoms with Crippen LogP contribution in [0, 0.1) is 5.92 Å². The molecule has 0 heteroatoms. The van der Waals surface area contributed by atoms with Gasteiger partial charge in [0.1, 0.15) is 0 Å². The smallest absolute Gasteiger partial charge is 0.00984 e. The molecule has 0 nitrogen and oxygen atoms in total. The lowest BCUT2D eigenvalue weighted by atomic mass is 9.66. The Kier molecular flexibility index (Phi) is 8.23. The fourth-order valence-corrected chi connectivity index (χ4v) is 10.4. The average Bonchev–Trinajstić information content (AvgIpc) is 3.33. The Morgan fingerprint density at radius 1 is 0.350 bits per heavy atom. The zero-order chi connectivity index (χ0) is 39.6. The third-order valence-corrected chi connectivity index (χ3v) is 13.4. The van der Waals surface area contributed by atoms with Gasteiger partial charge in [-0.25, -0.2) is 0 Å². The van der Waals surface area contributed by atoms with E-state index in [9.17, 15) is 0 Å². The Morgan fingerprint density at radius 3 is 1.65 bits per heavy atom. The van der Waals surface area contributed by atoms with Crippen molar-refractivity contribution in [3.05, 3.63) is 247 Å². The number of hydrogen-bond donors (Lipinski definition) is 0. The predicted molar refractivity (Wildman–Crippen MR) is 255 cm³/mol. The Morgan fingerprint density at radius 2 is 0.917 bits per heavy atom. The predicted octanol–water partition coefficient (Wildman–Crippen LogP) is 16.2. The van der Waals surface area contributed by atoms with Crippen molar-refractivity contribution in [3.63, 3.8) is 0 Å². The Bertz CT molecular complexity index is 3350. The second kappa shape index (κ2) is 14.2. The third-order valence-electron chi connectivity index (χ3n) is 13.4. The zero-order valence-corrected chi connectivity index (χ0v) is 33.3. The van der Waals surface area contributed by atoms with Crippen LogP contribution in [0.15, 0.2) is 224 Å². The molecule has 0 heterocycles. The van der Waals surface area contributed by atoms with Gasteiger partial charge in [-0.3, -0.25) is 0 Å². The molecule has 0 spiro atoms. The van der Waals surface area contributed by atoms with Gasteiger partial charge in [0.15, 0.2) is 0 Å². The number of rotatable bonds is 5. The van der Waals surface area contributed by atoms with Gasteiger partial charge in [0.25, 0.3) is 0 Å². The lowest BCUT2D eigenvalue weighted by Gasteiger charge is -2.38. The Hall–Kier alpha value is -7.28. The van der Waals surface area contributed by atoms with Crippen LogP contribution in [0.4, 0.5) is 0 Å². The molecule has 0 saturated heterocycles. The number of fused-ring (bicyclic) bond motifs is 8. The van der Waals surface area contributed by atoms with E-state index >= 15 is 0 Å². The topological polar surface area (TPSA) is 0 Å². The quantitative estimate of drug-likeness (QED) is 0.153. The summed E-state index contributed by atoms with van der Waals surface area (Å²) in [6.07, 6.45) is 8.54. The molecule has 10 aromatic rings. The van der Waals surface area contributed by atoms with E-state index in [1.165, 1.54) is 104 Å². The van der Waals surface area contributed by atoms with Gasteiger partial charge in [0.2, 0.25) is 0 Å². The van der Waals surface area contributed by atoms with Crippen molar-refractivity contribution in [1.82, 2.24) is 0 Å². The van der Waals surface area contributed by atoms with Crippen LogP contribution in [0.5, 0.6) is 0 Å². The zero-order valence-electron chi connectivity index (χ0n) is 33.3. The van der Waals surface area contributed by atoms with Crippen LogP contribution < -0.4 is 0 Å². The SMILES string of the molecule is C1=CC2c3ccc(-c4ccc5ccccc5c4)cc3C(c3ccccc3)CC2C=C1c1ccc2c(c1)cc(-c1ccccc1)c1cc(-c3ccc4ccccc4c3)ccc12. The van der Waals surface area contributed by atoms with E-state index in [0.717, 1.165) is 6.42 Å². The van der Waals surface area contributed by atoms with Gasteiger partial charge < -0.3 is 0 Å². The Balaban J connectivity index is 0.935. The summed E-state index contributed by atoms with van der Waals surface area (Å²) >= 11 is 0. The van der Waals surface area contributed by atoms with Crippen molar-refractivity contribution in [2.75, 3.05) is 0 Å². The molecule has 0 amide bonds. The molecule has 3 atom stereocenters. The molecule has 12 rings (SSSR count). The molecule has 0 aliphatic heterocycles. The first-order chi connectivity index (χ1) is 29.7. The minimum atomic E-state index is 0.322. The molecular weight excluding hydrogens is 721 g/mol. The summed E-state index contributed by atoms with van der Waals surface area (Å²) in [5.41, 5.74) is 14.4. The van der Waals surface area contributed by atoms with Crippen LogP contribution in [-0.4, -0.2) is 0 Å². The standard InChI is InChI=1S/C60H42/c1-3-13-41(14-4-1)57-37-51-33-47(23-27-53(51)55-29-25-49(35-59(55)57)45-21-19-39-11-7-9-17-43(39)31-45)48-24-28-54-52(34-48)38-58(42-15-5-2-6-16-42)60-36-50(26-30-56(54)60)46-22-20-40-12-8-10-18-44(40)32-46/h1-37,52,54,58H,38H2. The second-order valence-electron chi connectivity index (χ2n) is 16.8. The molecule has 282 valence electrons. The highest BCUT2D eigenvalue weighted by Crippen LogP contribution is 2.50. The molecule has 0 saturated carbocycles. The van der Waals surface area contributed by atoms with Gasteiger partial charge in [-0.05, 0) is 147 Å². The number of benzene rings is 10. The van der Waals surface area contributed by atoms with Crippen LogP contribution >= 0.6 is 0 Å². The highest BCUT2D eigenvalue weighted by Gasteiger charge is 2.35. The van der Waals surface area contributed by atoms with Gasteiger partial charge in [-0.2, -0.15) is 0 Å². The molecule has 10 aromatic carbocycles. The molecule has 60 heavy (non-hydrogen) atoms. The number of hydrogen-bond acceptors (Lipinski definition) is 0. The van der Waals surface area contributed by atoms with Gasteiger partial charge in [-0.1, -0.05) is 194 Å². The molecule has 3 unspecified atom stereocenters. The van der Waals surface area contributed by atoms with Crippen molar-refractivity contribution in [2.45, 2.75) is 18.3 Å². The summed E-state index contributed by atoms with van der Waals surface area (Å²) in [7, 11) is 0. The normalized spacial score (nSPS) is 17.1. The monoisotopic (exact) mass is 762 g/mol. The van der Waals surface area contributed by atoms with Crippen LogP contribution in [0.1, 0.15) is 40.5 Å². The minimum Gasteiger partial charge on any atom is -0.0758 e. The summed E-state index contributed by atoms with van der Waals surface area (Å²) in [4.78, 5) is 0. The fraction of sp³-hybridized carbons (Fsp3) is 0.0667. The maximum Gasteiger partial charge on any atom is 0.00984 e. The van der Waals surface area contributed by atoms with E-state index in [1.54, 1.807) is 0 Å². The van der Waals surface area contributed by atoms with Gasteiger partial charge in [0.05, 0.1) is 0 Å². The molecule has 0 bridgehead atoms. The van der Waals surface area contributed by atoms with E-state index in [0.29, 0.717) is 17.8 Å². The molecule has 0 aromatic heterocycles. The lowest BCUT2D eigenvalue weighted by molar-refractivity contribution is 0.465. The molecule has 0 radical (unpaired) electrons. The Labute approximate surface area is 351 Å². The first-order valence-electron chi connectivity index (χ1n) is 21.3. The minimum absolute atomic E-state index is 0.322. The molecule has 2 aliphatic carbocycles. The van der Waals surface area contributed by atoms with E-state index in [-0.39, 0.29) is 0 Å². The summed E-state index contributed by atoms with van der Waals surface area (Å²) in [6.45, 7) is 0. The molecule has 0 N–H and O–H groups in total. The van der Waals surface area contributed by atoms with Gasteiger partial charge >= 0.3 is 0 Å². The summed E-state index contributed by atoms with van der Waals surface area (Å²) in [6, 6.07) is 76.9. The first-order valence-corrected chi connectivity index (χ1v) is 21.3. The van der Waals surface area contributed by atoms with Crippen LogP contribution in [0.2, 0.25) is 0 Å². The average molecular weight is 763 g/mol. The highest BCUT2D eigenvalue weighted by molar-refractivity contribution is 6.15. The highest BCUT2D eigenvalue weighted by atomic mass is 14.4. The van der Waals surface area contributed by atoms with E-state index in [1.807, 2.05) is 0 Å². The van der Waals surface area contributed by atoms with Crippen molar-refractivity contribution in [2.24, 2.45) is 5.92 Å². The molecular formula is C60H42. The second-order valence-corrected chi connectivity index (χ2v) is 16.8. The first kappa shape index (κ1) is 34.7. The van der Waals surface area contributed by atoms with Crippen molar-refractivity contribution >= 4 is 48.7 Å². The lowest BCUT2D eigenvalue weighted by Crippen LogP contribution is -2.24. The van der Waals surface area contributed by atoms with E-state index < -0.39 is 0 Å². The summed E-state index contributed by atoms with van der Waals surface area (Å²) in [5.74, 6) is 1.07. The maximum atomic E-state index is 2.58.